The molecular weight excluding hydrogens is 425 g/mol. The molecule has 0 unspecified atom stereocenters. The molecule has 0 aliphatic heterocycles. The van der Waals surface area contributed by atoms with Crippen LogP contribution in [-0.4, -0.2) is 22.5 Å². The second-order valence-corrected chi connectivity index (χ2v) is 5.81. The lowest BCUT2D eigenvalue weighted by Gasteiger charge is -2.10. The fourth-order valence-corrected chi connectivity index (χ4v) is 2.45. The van der Waals surface area contributed by atoms with Gasteiger partial charge in [0, 0.05) is 11.1 Å². The SMILES string of the molecule is N#Cc1c(-c2ccccc2)nc(NN=Cc2ccc(OC(F)(F)F)c(F)c2F)[nH]c1=O. The zero-order valence-corrected chi connectivity index (χ0v) is 15.2. The fraction of sp³-hybridized carbons (Fsp3) is 0.0526. The van der Waals surface area contributed by atoms with Gasteiger partial charge in [-0.3, -0.25) is 9.78 Å². The van der Waals surface area contributed by atoms with E-state index in [9.17, 15) is 32.0 Å². The summed E-state index contributed by atoms with van der Waals surface area (Å²) < 4.78 is 67.6. The molecule has 2 aromatic carbocycles. The second-order valence-electron chi connectivity index (χ2n) is 5.81. The highest BCUT2D eigenvalue weighted by molar-refractivity contribution is 5.80. The second kappa shape index (κ2) is 8.62. The molecule has 0 aliphatic rings. The number of hydrogen-bond donors (Lipinski definition) is 2. The van der Waals surface area contributed by atoms with E-state index >= 15 is 0 Å². The van der Waals surface area contributed by atoms with Crippen molar-refractivity contribution in [3.8, 4) is 23.1 Å². The maximum absolute atomic E-state index is 14.0. The molecule has 1 aromatic heterocycles. The van der Waals surface area contributed by atoms with Gasteiger partial charge in [-0.2, -0.15) is 14.8 Å². The first-order valence-electron chi connectivity index (χ1n) is 8.32. The Hall–Kier alpha value is -4.27. The number of aromatic nitrogens is 2. The standard InChI is InChI=1S/C19H10F5N5O2/c20-14-11(6-7-13(15(14)21)31-19(22,23)24)9-26-29-18-27-16(10-4-2-1-3-5-10)12(8-25)17(30)28-18/h1-7,9H,(H2,27,28,29,30). The van der Waals surface area contributed by atoms with Crippen molar-refractivity contribution < 1.29 is 26.7 Å². The summed E-state index contributed by atoms with van der Waals surface area (Å²) in [6.07, 6.45) is -4.43. The third-order valence-electron chi connectivity index (χ3n) is 3.75. The zero-order valence-electron chi connectivity index (χ0n) is 15.2. The van der Waals surface area contributed by atoms with Crippen LogP contribution in [0, 0.1) is 23.0 Å². The van der Waals surface area contributed by atoms with Crippen LogP contribution in [0.2, 0.25) is 0 Å². The maximum atomic E-state index is 14.0. The number of benzene rings is 2. The van der Waals surface area contributed by atoms with E-state index in [1.54, 1.807) is 36.4 Å². The first-order chi connectivity index (χ1) is 14.7. The highest BCUT2D eigenvalue weighted by Gasteiger charge is 2.33. The van der Waals surface area contributed by atoms with Crippen molar-refractivity contribution >= 4 is 12.2 Å². The van der Waals surface area contributed by atoms with Crippen LogP contribution in [0.25, 0.3) is 11.3 Å². The van der Waals surface area contributed by atoms with Crippen LogP contribution in [0.1, 0.15) is 11.1 Å². The number of aromatic amines is 1. The Morgan fingerprint density at radius 3 is 2.48 bits per heavy atom. The predicted molar refractivity (Wildman–Crippen MR) is 99.3 cm³/mol. The quantitative estimate of drug-likeness (QED) is 0.359. The Morgan fingerprint density at radius 1 is 1.13 bits per heavy atom. The Balaban J connectivity index is 1.87. The number of hydrazone groups is 1. The van der Waals surface area contributed by atoms with Gasteiger partial charge in [-0.1, -0.05) is 30.3 Å². The molecule has 0 fully saturated rings. The summed E-state index contributed by atoms with van der Waals surface area (Å²) in [5, 5.41) is 12.8. The molecule has 12 heteroatoms. The molecule has 7 nitrogen and oxygen atoms in total. The number of nitrogens with one attached hydrogen (secondary N) is 2. The third-order valence-corrected chi connectivity index (χ3v) is 3.75. The number of alkyl halides is 3. The van der Waals surface area contributed by atoms with Crippen molar-refractivity contribution in [1.29, 1.82) is 5.26 Å². The summed E-state index contributed by atoms with van der Waals surface area (Å²) in [4.78, 5) is 18.5. The average molecular weight is 435 g/mol. The van der Waals surface area contributed by atoms with Crippen molar-refractivity contribution in [3.63, 3.8) is 0 Å². The molecule has 0 radical (unpaired) electrons. The normalized spacial score (nSPS) is 11.4. The Labute approximate surface area is 170 Å². The lowest BCUT2D eigenvalue weighted by atomic mass is 10.1. The smallest absolute Gasteiger partial charge is 0.403 e. The minimum Gasteiger partial charge on any atom is -0.403 e. The van der Waals surface area contributed by atoms with Gasteiger partial charge < -0.3 is 4.74 Å². The molecule has 3 rings (SSSR count). The van der Waals surface area contributed by atoms with E-state index in [1.165, 1.54) is 0 Å². The van der Waals surface area contributed by atoms with E-state index in [2.05, 4.69) is 25.2 Å². The van der Waals surface area contributed by atoms with Gasteiger partial charge in [0.15, 0.2) is 11.6 Å². The lowest BCUT2D eigenvalue weighted by Crippen LogP contribution is -2.18. The molecule has 158 valence electrons. The number of rotatable bonds is 5. The molecule has 0 saturated carbocycles. The van der Waals surface area contributed by atoms with Crippen molar-refractivity contribution in [3.05, 3.63) is 75.6 Å². The van der Waals surface area contributed by atoms with Crippen LogP contribution in [0.5, 0.6) is 5.75 Å². The number of nitriles is 1. The number of ether oxygens (including phenoxy) is 1. The predicted octanol–water partition coefficient (Wildman–Crippen LogP) is 3.93. The van der Waals surface area contributed by atoms with E-state index in [0.29, 0.717) is 11.6 Å². The van der Waals surface area contributed by atoms with Crippen molar-refractivity contribution in [2.45, 2.75) is 6.36 Å². The van der Waals surface area contributed by atoms with Crippen molar-refractivity contribution in [2.75, 3.05) is 5.43 Å². The van der Waals surface area contributed by atoms with E-state index in [0.717, 1.165) is 12.3 Å². The van der Waals surface area contributed by atoms with Gasteiger partial charge in [0.1, 0.15) is 11.6 Å². The van der Waals surface area contributed by atoms with E-state index in [4.69, 9.17) is 0 Å². The van der Waals surface area contributed by atoms with Gasteiger partial charge >= 0.3 is 6.36 Å². The van der Waals surface area contributed by atoms with Crippen LogP contribution < -0.4 is 15.7 Å². The van der Waals surface area contributed by atoms with Gasteiger partial charge in [0.05, 0.1) is 11.9 Å². The van der Waals surface area contributed by atoms with Gasteiger partial charge in [0.2, 0.25) is 11.8 Å². The minimum atomic E-state index is -5.19. The summed E-state index contributed by atoms with van der Waals surface area (Å²) in [5.41, 5.74) is 1.32. The van der Waals surface area contributed by atoms with Crippen LogP contribution in [-0.2, 0) is 0 Å². The number of H-pyrrole nitrogens is 1. The summed E-state index contributed by atoms with van der Waals surface area (Å²) >= 11 is 0. The molecule has 0 atom stereocenters. The van der Waals surface area contributed by atoms with Crippen LogP contribution in [0.4, 0.5) is 27.9 Å². The van der Waals surface area contributed by atoms with Gasteiger partial charge in [0.25, 0.3) is 5.56 Å². The van der Waals surface area contributed by atoms with Gasteiger partial charge in [-0.15, -0.1) is 13.2 Å². The summed E-state index contributed by atoms with van der Waals surface area (Å²) in [5.74, 6) is -5.02. The number of halogens is 5. The molecule has 0 bridgehead atoms. The minimum absolute atomic E-state index is 0.0652. The van der Waals surface area contributed by atoms with Gasteiger partial charge in [-0.25, -0.2) is 14.8 Å². The van der Waals surface area contributed by atoms with Crippen molar-refractivity contribution in [1.82, 2.24) is 9.97 Å². The topological polar surface area (TPSA) is 103 Å². The van der Waals surface area contributed by atoms with Gasteiger partial charge in [-0.05, 0) is 12.1 Å². The molecule has 0 spiro atoms. The summed E-state index contributed by atoms with van der Waals surface area (Å²) in [6.45, 7) is 0. The average Bonchev–Trinajstić information content (AvgIpc) is 2.72. The number of anilines is 1. The number of hydrogen-bond acceptors (Lipinski definition) is 6. The molecule has 0 amide bonds. The Kier molecular flexibility index (Phi) is 5.96. The van der Waals surface area contributed by atoms with E-state index < -0.39 is 34.9 Å². The molecular formula is C19H10F5N5O2. The molecule has 0 aliphatic carbocycles. The molecule has 31 heavy (non-hydrogen) atoms. The largest absolute Gasteiger partial charge is 0.573 e. The zero-order chi connectivity index (χ0) is 22.6. The first-order valence-corrected chi connectivity index (χ1v) is 8.32. The van der Waals surface area contributed by atoms with Crippen LogP contribution >= 0.6 is 0 Å². The van der Waals surface area contributed by atoms with E-state index in [-0.39, 0.29) is 17.2 Å². The first kappa shape index (κ1) is 21.4. The Bertz CT molecular complexity index is 1230. The highest BCUT2D eigenvalue weighted by Crippen LogP contribution is 2.28. The maximum Gasteiger partial charge on any atom is 0.573 e. The van der Waals surface area contributed by atoms with Crippen LogP contribution in [0.15, 0.2) is 52.4 Å². The molecule has 2 N–H and O–H groups in total. The van der Waals surface area contributed by atoms with Crippen LogP contribution in [0.3, 0.4) is 0 Å². The monoisotopic (exact) mass is 435 g/mol. The number of nitrogens with zero attached hydrogens (tertiary/aromatic N) is 3. The molecule has 0 saturated heterocycles. The lowest BCUT2D eigenvalue weighted by molar-refractivity contribution is -0.275. The fourth-order valence-electron chi connectivity index (χ4n) is 2.45. The molecule has 1 heterocycles. The molecule has 3 aromatic rings. The summed E-state index contributed by atoms with van der Waals surface area (Å²) in [7, 11) is 0. The summed E-state index contributed by atoms with van der Waals surface area (Å²) in [6, 6.07) is 11.5. The van der Waals surface area contributed by atoms with Crippen molar-refractivity contribution in [2.24, 2.45) is 5.10 Å². The Morgan fingerprint density at radius 2 is 1.84 bits per heavy atom. The third kappa shape index (κ3) is 5.02. The highest BCUT2D eigenvalue weighted by atomic mass is 19.4. The van der Waals surface area contributed by atoms with E-state index in [1.807, 2.05) is 0 Å².